The van der Waals surface area contributed by atoms with Crippen molar-refractivity contribution in [3.63, 3.8) is 0 Å². The van der Waals surface area contributed by atoms with Crippen LogP contribution in [0.4, 0.5) is 0 Å². The fourth-order valence-electron chi connectivity index (χ4n) is 3.15. The molecule has 0 spiro atoms. The van der Waals surface area contributed by atoms with Gasteiger partial charge >= 0.3 is 5.97 Å². The first-order valence-corrected chi connectivity index (χ1v) is 9.12. The molecular formula is C22H27NO4. The maximum atomic E-state index is 11.2. The average Bonchev–Trinajstić information content (AvgIpc) is 2.58. The SMILES string of the molecule is Cc1ccc(O)c(C(=NC[C@H](CC(=O)O)CC(C)C)c2ccc(O)cc2)c1. The van der Waals surface area contributed by atoms with Gasteiger partial charge in [0.25, 0.3) is 0 Å². The van der Waals surface area contributed by atoms with Crippen molar-refractivity contribution in [1.82, 2.24) is 0 Å². The molecule has 0 radical (unpaired) electrons. The molecule has 0 aliphatic carbocycles. The highest BCUT2D eigenvalue weighted by atomic mass is 16.4. The fraction of sp³-hybridized carbons (Fsp3) is 0.364. The predicted octanol–water partition coefficient (Wildman–Crippen LogP) is 4.38. The Bertz CT molecular complexity index is 810. The summed E-state index contributed by atoms with van der Waals surface area (Å²) in [5.41, 5.74) is 2.93. The van der Waals surface area contributed by atoms with E-state index in [1.54, 1.807) is 30.3 Å². The first-order valence-electron chi connectivity index (χ1n) is 9.12. The number of rotatable bonds is 8. The van der Waals surface area contributed by atoms with Gasteiger partial charge < -0.3 is 15.3 Å². The third-order valence-electron chi connectivity index (χ3n) is 4.32. The number of aliphatic imine (C=N–C) groups is 1. The van der Waals surface area contributed by atoms with Gasteiger partial charge in [0, 0.05) is 24.1 Å². The number of carbonyl (C=O) groups is 1. The lowest BCUT2D eigenvalue weighted by Gasteiger charge is -2.17. The molecule has 1 atom stereocenters. The van der Waals surface area contributed by atoms with Gasteiger partial charge in [0.2, 0.25) is 0 Å². The lowest BCUT2D eigenvalue weighted by atomic mass is 9.93. The number of aryl methyl sites for hydroxylation is 1. The van der Waals surface area contributed by atoms with Crippen molar-refractivity contribution >= 4 is 11.7 Å². The number of aromatic hydroxyl groups is 2. The fourth-order valence-corrected chi connectivity index (χ4v) is 3.15. The van der Waals surface area contributed by atoms with E-state index in [-0.39, 0.29) is 23.8 Å². The van der Waals surface area contributed by atoms with Crippen molar-refractivity contribution in [2.45, 2.75) is 33.6 Å². The Morgan fingerprint density at radius 2 is 1.74 bits per heavy atom. The number of carboxylic acids is 1. The molecule has 0 aliphatic rings. The second-order valence-electron chi connectivity index (χ2n) is 7.35. The third-order valence-corrected chi connectivity index (χ3v) is 4.32. The van der Waals surface area contributed by atoms with Gasteiger partial charge in [-0.25, -0.2) is 0 Å². The normalized spacial score (nSPS) is 13.0. The predicted molar refractivity (Wildman–Crippen MR) is 107 cm³/mol. The Hall–Kier alpha value is -2.82. The summed E-state index contributed by atoms with van der Waals surface area (Å²) in [6, 6.07) is 11.9. The van der Waals surface area contributed by atoms with Crippen molar-refractivity contribution in [3.8, 4) is 11.5 Å². The van der Waals surface area contributed by atoms with Crippen molar-refractivity contribution < 1.29 is 20.1 Å². The number of aliphatic carboxylic acids is 1. The van der Waals surface area contributed by atoms with Crippen LogP contribution in [0.15, 0.2) is 47.5 Å². The maximum Gasteiger partial charge on any atom is 0.303 e. The summed E-state index contributed by atoms with van der Waals surface area (Å²) in [7, 11) is 0. The van der Waals surface area contributed by atoms with Crippen LogP contribution in [-0.2, 0) is 4.79 Å². The summed E-state index contributed by atoms with van der Waals surface area (Å²) in [4.78, 5) is 15.9. The summed E-state index contributed by atoms with van der Waals surface area (Å²) < 4.78 is 0. The second-order valence-corrected chi connectivity index (χ2v) is 7.35. The molecule has 0 aromatic heterocycles. The zero-order valence-corrected chi connectivity index (χ0v) is 16.0. The molecule has 27 heavy (non-hydrogen) atoms. The van der Waals surface area contributed by atoms with Crippen LogP contribution in [0.5, 0.6) is 11.5 Å². The zero-order valence-electron chi connectivity index (χ0n) is 16.0. The molecular weight excluding hydrogens is 342 g/mol. The Morgan fingerprint density at radius 3 is 2.33 bits per heavy atom. The third kappa shape index (κ3) is 6.13. The van der Waals surface area contributed by atoms with Gasteiger partial charge in [-0.2, -0.15) is 0 Å². The molecule has 2 aromatic rings. The van der Waals surface area contributed by atoms with E-state index in [1.165, 1.54) is 0 Å². The summed E-state index contributed by atoms with van der Waals surface area (Å²) in [6.07, 6.45) is 0.822. The molecule has 0 unspecified atom stereocenters. The Labute approximate surface area is 160 Å². The van der Waals surface area contributed by atoms with E-state index in [0.717, 1.165) is 17.5 Å². The van der Waals surface area contributed by atoms with Crippen LogP contribution >= 0.6 is 0 Å². The number of hydrogen-bond acceptors (Lipinski definition) is 4. The van der Waals surface area contributed by atoms with Crippen molar-refractivity contribution in [2.24, 2.45) is 16.8 Å². The van der Waals surface area contributed by atoms with E-state index in [9.17, 15) is 20.1 Å². The van der Waals surface area contributed by atoms with E-state index in [4.69, 9.17) is 4.99 Å². The van der Waals surface area contributed by atoms with Gasteiger partial charge in [-0.05, 0) is 61.6 Å². The standard InChI is InChI=1S/C22H27NO4/c1-14(2)10-16(12-21(26)27)13-23-22(17-5-7-18(24)8-6-17)19-11-15(3)4-9-20(19)25/h4-9,11,14,16,24-25H,10,12-13H2,1-3H3,(H,26,27)/t16-/m0/s1. The number of phenolic OH excluding ortho intramolecular Hbond substituents is 2. The molecule has 5 heteroatoms. The molecule has 2 aromatic carbocycles. The van der Waals surface area contributed by atoms with Crippen LogP contribution in [0.2, 0.25) is 0 Å². The first-order chi connectivity index (χ1) is 12.8. The van der Waals surface area contributed by atoms with E-state index < -0.39 is 5.97 Å². The monoisotopic (exact) mass is 369 g/mol. The van der Waals surface area contributed by atoms with E-state index in [1.807, 2.05) is 19.1 Å². The van der Waals surface area contributed by atoms with Gasteiger partial charge in [0.05, 0.1) is 5.71 Å². The Kier molecular flexibility index (Phi) is 6.99. The lowest BCUT2D eigenvalue weighted by molar-refractivity contribution is -0.138. The minimum Gasteiger partial charge on any atom is -0.508 e. The second kappa shape index (κ2) is 9.21. The van der Waals surface area contributed by atoms with Gasteiger partial charge in [0.15, 0.2) is 0 Å². The maximum absolute atomic E-state index is 11.2. The van der Waals surface area contributed by atoms with Gasteiger partial charge in [-0.3, -0.25) is 9.79 Å². The number of phenols is 2. The molecule has 2 rings (SSSR count). The van der Waals surface area contributed by atoms with Gasteiger partial charge in [-0.15, -0.1) is 0 Å². The Morgan fingerprint density at radius 1 is 1.07 bits per heavy atom. The number of benzene rings is 2. The van der Waals surface area contributed by atoms with Gasteiger partial charge in [-0.1, -0.05) is 25.5 Å². The first kappa shape index (κ1) is 20.5. The minimum absolute atomic E-state index is 0.0599. The van der Waals surface area contributed by atoms with Crippen LogP contribution in [0.3, 0.4) is 0 Å². The van der Waals surface area contributed by atoms with Crippen LogP contribution < -0.4 is 0 Å². The van der Waals surface area contributed by atoms with E-state index in [0.29, 0.717) is 23.7 Å². The average molecular weight is 369 g/mol. The molecule has 0 heterocycles. The van der Waals surface area contributed by atoms with Crippen LogP contribution in [0.1, 0.15) is 43.4 Å². The minimum atomic E-state index is -0.833. The highest BCUT2D eigenvalue weighted by molar-refractivity contribution is 6.14. The quantitative estimate of drug-likeness (QED) is 0.602. The number of nitrogens with zero attached hydrogens (tertiary/aromatic N) is 1. The van der Waals surface area contributed by atoms with Crippen LogP contribution in [0, 0.1) is 18.8 Å². The van der Waals surface area contributed by atoms with E-state index >= 15 is 0 Å². The molecule has 0 fully saturated rings. The summed E-state index contributed by atoms with van der Waals surface area (Å²) in [6.45, 7) is 6.41. The van der Waals surface area contributed by atoms with Crippen molar-refractivity contribution in [3.05, 3.63) is 59.2 Å². The number of hydrogen-bond donors (Lipinski definition) is 3. The summed E-state index contributed by atoms with van der Waals surface area (Å²) in [5, 5.41) is 29.1. The number of carboxylic acid groups (broad SMARTS) is 1. The Balaban J connectivity index is 2.44. The highest BCUT2D eigenvalue weighted by Gasteiger charge is 2.17. The molecule has 0 aliphatic heterocycles. The van der Waals surface area contributed by atoms with Crippen LogP contribution in [0.25, 0.3) is 0 Å². The molecule has 0 saturated heterocycles. The largest absolute Gasteiger partial charge is 0.508 e. The molecule has 5 nitrogen and oxygen atoms in total. The summed E-state index contributed by atoms with van der Waals surface area (Å²) in [5.74, 6) is -0.280. The lowest BCUT2D eigenvalue weighted by Crippen LogP contribution is -2.15. The summed E-state index contributed by atoms with van der Waals surface area (Å²) >= 11 is 0. The van der Waals surface area contributed by atoms with Gasteiger partial charge in [0.1, 0.15) is 11.5 Å². The molecule has 0 bridgehead atoms. The zero-order chi connectivity index (χ0) is 20.0. The smallest absolute Gasteiger partial charge is 0.303 e. The van der Waals surface area contributed by atoms with E-state index in [2.05, 4.69) is 13.8 Å². The molecule has 3 N–H and O–H groups in total. The molecule has 0 saturated carbocycles. The highest BCUT2D eigenvalue weighted by Crippen LogP contribution is 2.25. The molecule has 144 valence electrons. The van der Waals surface area contributed by atoms with Crippen LogP contribution in [-0.4, -0.2) is 33.5 Å². The molecule has 0 amide bonds. The van der Waals surface area contributed by atoms with Crippen molar-refractivity contribution in [1.29, 1.82) is 0 Å². The van der Waals surface area contributed by atoms with Crippen molar-refractivity contribution in [2.75, 3.05) is 6.54 Å². The topological polar surface area (TPSA) is 90.1 Å².